The highest BCUT2D eigenvalue weighted by molar-refractivity contribution is 5.66. The SMILES string of the molecule is C=C/C=C\c1ccc(C(C)C)cc1C.C=Cc1cc(C(C)C)ccc1/C=C\C.C=Cc1ccc(C(C)C)cc1/C=C\C. The van der Waals surface area contributed by atoms with E-state index < -0.39 is 0 Å². The van der Waals surface area contributed by atoms with E-state index in [0.717, 1.165) is 0 Å². The molecule has 0 spiro atoms. The first kappa shape index (κ1) is 36.1. The predicted octanol–water partition coefficient (Wildman–Crippen LogP) is 13.3. The minimum absolute atomic E-state index is 0.577. The Kier molecular flexibility index (Phi) is 16.6. The van der Waals surface area contributed by atoms with Gasteiger partial charge in [0.25, 0.3) is 0 Å². The molecule has 0 bridgehead atoms. The molecule has 0 N–H and O–H groups in total. The topological polar surface area (TPSA) is 0 Å². The Morgan fingerprint density at radius 3 is 1.36 bits per heavy atom. The molecule has 0 amide bonds. The molecule has 0 nitrogen and oxygen atoms in total. The molecule has 0 fully saturated rings. The van der Waals surface area contributed by atoms with Gasteiger partial charge in [0.15, 0.2) is 0 Å². The Labute approximate surface area is 258 Å². The average molecular weight is 559 g/mol. The van der Waals surface area contributed by atoms with Crippen molar-refractivity contribution in [1.82, 2.24) is 0 Å². The van der Waals surface area contributed by atoms with Crippen molar-refractivity contribution >= 4 is 30.4 Å². The van der Waals surface area contributed by atoms with Crippen LogP contribution in [0.1, 0.15) is 123 Å². The van der Waals surface area contributed by atoms with E-state index in [4.69, 9.17) is 0 Å². The summed E-state index contributed by atoms with van der Waals surface area (Å²) in [6.07, 6.45) is 18.0. The Hall–Kier alpha value is -3.90. The predicted molar refractivity (Wildman–Crippen MR) is 195 cm³/mol. The van der Waals surface area contributed by atoms with E-state index in [1.54, 1.807) is 6.08 Å². The summed E-state index contributed by atoms with van der Waals surface area (Å²) in [6.45, 7) is 30.8. The van der Waals surface area contributed by atoms with Crippen molar-refractivity contribution in [3.63, 3.8) is 0 Å². The molecule has 3 aromatic carbocycles. The maximum Gasteiger partial charge on any atom is -0.0185 e. The van der Waals surface area contributed by atoms with Crippen LogP contribution in [0.5, 0.6) is 0 Å². The zero-order valence-corrected chi connectivity index (χ0v) is 27.7. The second-order valence-corrected chi connectivity index (χ2v) is 11.4. The number of allylic oxidation sites excluding steroid dienone is 4. The summed E-state index contributed by atoms with van der Waals surface area (Å²) in [7, 11) is 0. The molecule has 0 atom stereocenters. The van der Waals surface area contributed by atoms with Crippen LogP contribution in [-0.2, 0) is 0 Å². The van der Waals surface area contributed by atoms with Gasteiger partial charge in [-0.1, -0.05) is 171 Å². The highest BCUT2D eigenvalue weighted by Crippen LogP contribution is 2.22. The first-order valence-corrected chi connectivity index (χ1v) is 15.2. The Bertz CT molecular complexity index is 1370. The fourth-order valence-electron chi connectivity index (χ4n) is 4.34. The van der Waals surface area contributed by atoms with Crippen molar-refractivity contribution in [2.24, 2.45) is 0 Å². The van der Waals surface area contributed by atoms with Crippen LogP contribution in [0, 0.1) is 6.92 Å². The second-order valence-electron chi connectivity index (χ2n) is 11.4. The smallest absolute Gasteiger partial charge is 0.0185 e. The fraction of sp³-hybridized carbons (Fsp3) is 0.286. The van der Waals surface area contributed by atoms with Gasteiger partial charge in [-0.25, -0.2) is 0 Å². The van der Waals surface area contributed by atoms with Crippen LogP contribution < -0.4 is 0 Å². The Morgan fingerprint density at radius 2 is 0.929 bits per heavy atom. The summed E-state index contributed by atoms with van der Waals surface area (Å²) in [5.74, 6) is 1.76. The van der Waals surface area contributed by atoms with Crippen LogP contribution >= 0.6 is 0 Å². The van der Waals surface area contributed by atoms with Crippen LogP contribution in [-0.4, -0.2) is 0 Å². The molecule has 0 aliphatic heterocycles. The molecule has 0 aromatic heterocycles. The average Bonchev–Trinajstić information content (AvgIpc) is 2.97. The molecule has 3 aromatic rings. The minimum atomic E-state index is 0.577. The molecule has 0 heterocycles. The molecule has 0 radical (unpaired) electrons. The minimum Gasteiger partial charge on any atom is -0.0991 e. The van der Waals surface area contributed by atoms with Gasteiger partial charge in [0, 0.05) is 0 Å². The quantitative estimate of drug-likeness (QED) is 0.229. The van der Waals surface area contributed by atoms with Crippen molar-refractivity contribution in [1.29, 1.82) is 0 Å². The van der Waals surface area contributed by atoms with Gasteiger partial charge < -0.3 is 0 Å². The molecule has 0 saturated carbocycles. The zero-order valence-electron chi connectivity index (χ0n) is 27.7. The van der Waals surface area contributed by atoms with Crippen molar-refractivity contribution in [3.05, 3.63) is 149 Å². The van der Waals surface area contributed by atoms with Crippen molar-refractivity contribution < 1.29 is 0 Å². The normalized spacial score (nSPS) is 11.1. The summed E-state index contributed by atoms with van der Waals surface area (Å²) in [5, 5.41) is 0. The highest BCUT2D eigenvalue weighted by atomic mass is 14.1. The first-order chi connectivity index (χ1) is 20.0. The number of hydrogen-bond acceptors (Lipinski definition) is 0. The summed E-state index contributed by atoms with van der Waals surface area (Å²) in [4.78, 5) is 0. The van der Waals surface area contributed by atoms with E-state index in [0.29, 0.717) is 17.8 Å². The third-order valence-electron chi connectivity index (χ3n) is 7.06. The van der Waals surface area contributed by atoms with Crippen LogP contribution in [0.4, 0.5) is 0 Å². The van der Waals surface area contributed by atoms with Gasteiger partial charge in [0.05, 0.1) is 0 Å². The molecule has 0 unspecified atom stereocenters. The monoisotopic (exact) mass is 558 g/mol. The lowest BCUT2D eigenvalue weighted by molar-refractivity contribution is 0.864. The summed E-state index contributed by atoms with van der Waals surface area (Å²) in [5.41, 5.74) is 11.7. The summed E-state index contributed by atoms with van der Waals surface area (Å²) in [6, 6.07) is 19.7. The van der Waals surface area contributed by atoms with Crippen LogP contribution in [0.3, 0.4) is 0 Å². The molecule has 0 aliphatic rings. The molecule has 0 saturated heterocycles. The standard InChI is InChI=1S/3C14H18/c1-5-6-7-13-8-9-14(11(2)3)10-12(13)4;1-5-7-13-8-9-14(11(3)4)10-12(13)6-2;1-5-7-14-10-13(11(3)4)9-8-12(14)6-2/h5-11H,1H2,2-4H3;2*5-11H,2H2,1,3-4H3/b7-6-;2*7-5-. The van der Waals surface area contributed by atoms with Gasteiger partial charge in [-0.05, 0) is 88.6 Å². The van der Waals surface area contributed by atoms with Crippen molar-refractivity contribution in [2.45, 2.75) is 80.1 Å². The van der Waals surface area contributed by atoms with Crippen LogP contribution in [0.2, 0.25) is 0 Å². The van der Waals surface area contributed by atoms with Crippen LogP contribution in [0.15, 0.2) is 98.6 Å². The first-order valence-electron chi connectivity index (χ1n) is 15.2. The van der Waals surface area contributed by atoms with Gasteiger partial charge in [-0.3, -0.25) is 0 Å². The molecule has 0 heteroatoms. The second kappa shape index (κ2) is 19.3. The number of aryl methyl sites for hydroxylation is 1. The van der Waals surface area contributed by atoms with Gasteiger partial charge >= 0.3 is 0 Å². The van der Waals surface area contributed by atoms with Gasteiger partial charge in [-0.15, -0.1) is 0 Å². The molecular weight excluding hydrogens is 504 g/mol. The largest absolute Gasteiger partial charge is 0.0991 e. The van der Waals surface area contributed by atoms with Crippen molar-refractivity contribution in [2.75, 3.05) is 0 Å². The maximum atomic E-state index is 3.84. The molecule has 0 aliphatic carbocycles. The van der Waals surface area contributed by atoms with E-state index in [-0.39, 0.29) is 0 Å². The van der Waals surface area contributed by atoms with Gasteiger partial charge in [0.2, 0.25) is 0 Å². The molecular formula is C42H54. The molecule has 222 valence electrons. The maximum absolute atomic E-state index is 3.84. The van der Waals surface area contributed by atoms with Gasteiger partial charge in [0.1, 0.15) is 0 Å². The van der Waals surface area contributed by atoms with Crippen molar-refractivity contribution in [3.8, 4) is 0 Å². The molecule has 3 rings (SSSR count). The summed E-state index contributed by atoms with van der Waals surface area (Å²) < 4.78 is 0. The van der Waals surface area contributed by atoms with Gasteiger partial charge in [-0.2, -0.15) is 0 Å². The van der Waals surface area contributed by atoms with Crippen LogP contribution in [0.25, 0.3) is 30.4 Å². The summed E-state index contributed by atoms with van der Waals surface area (Å²) >= 11 is 0. The fourth-order valence-corrected chi connectivity index (χ4v) is 4.34. The lowest BCUT2D eigenvalue weighted by Crippen LogP contribution is -1.89. The lowest BCUT2D eigenvalue weighted by atomic mass is 9.97. The molecule has 42 heavy (non-hydrogen) atoms. The number of benzene rings is 3. The zero-order chi connectivity index (χ0) is 31.7. The highest BCUT2D eigenvalue weighted by Gasteiger charge is 2.03. The third kappa shape index (κ3) is 11.9. The van der Waals surface area contributed by atoms with E-state index >= 15 is 0 Å². The third-order valence-corrected chi connectivity index (χ3v) is 7.06. The Morgan fingerprint density at radius 1 is 0.500 bits per heavy atom. The van der Waals surface area contributed by atoms with E-state index in [1.807, 2.05) is 32.1 Å². The van der Waals surface area contributed by atoms with E-state index in [2.05, 4.69) is 153 Å². The van der Waals surface area contributed by atoms with E-state index in [1.165, 1.54) is 50.1 Å². The Balaban J connectivity index is 0.000000315. The van der Waals surface area contributed by atoms with E-state index in [9.17, 15) is 0 Å². The lowest BCUT2D eigenvalue weighted by Gasteiger charge is -2.08. The number of rotatable bonds is 9. The number of hydrogen-bond donors (Lipinski definition) is 0.